The second-order valence-electron chi connectivity index (χ2n) is 3.22. The number of carbonyl (C=O) groups is 1. The number of methoxy groups -OCH3 is 1. The Morgan fingerprint density at radius 2 is 2.09 bits per heavy atom. The molecule has 0 aromatic carbocycles. The van der Waals surface area contributed by atoms with Crippen LogP contribution in [0.1, 0.15) is 26.7 Å². The molecule has 0 radical (unpaired) electrons. The number of hydrogen-bond acceptors (Lipinski definition) is 3. The number of rotatable bonds is 5. The number of hydrogen-bond donors (Lipinski definition) is 1. The maximum atomic E-state index is 11.1. The molecule has 0 fully saturated rings. The van der Waals surface area contributed by atoms with Gasteiger partial charge in [-0.1, -0.05) is 0 Å². The molecule has 0 unspecified atom stereocenters. The Bertz CT molecular complexity index is 132. The van der Waals surface area contributed by atoms with Gasteiger partial charge in [-0.3, -0.25) is 4.79 Å². The number of carbonyl (C=O) groups excluding carboxylic acids is 1. The predicted molar refractivity (Wildman–Crippen MR) is 44.4 cm³/mol. The van der Waals surface area contributed by atoms with E-state index in [1.54, 1.807) is 7.11 Å². The highest BCUT2D eigenvalue weighted by Gasteiger charge is 2.19. The van der Waals surface area contributed by atoms with E-state index in [9.17, 15) is 4.79 Å². The van der Waals surface area contributed by atoms with Crippen molar-refractivity contribution in [1.82, 2.24) is 0 Å². The van der Waals surface area contributed by atoms with Crippen LogP contribution in [0.2, 0.25) is 0 Å². The summed E-state index contributed by atoms with van der Waals surface area (Å²) >= 11 is 0. The molecule has 0 aromatic rings. The molecule has 0 aliphatic rings. The minimum Gasteiger partial charge on any atom is -0.378 e. The van der Waals surface area contributed by atoms with Crippen LogP contribution in [0.3, 0.4) is 0 Å². The van der Waals surface area contributed by atoms with Crippen LogP contribution in [0.4, 0.5) is 0 Å². The van der Waals surface area contributed by atoms with Crippen molar-refractivity contribution in [2.75, 3.05) is 13.7 Å². The Hall–Kier alpha value is -0.410. The number of ether oxygens (including phenoxy) is 1. The lowest BCUT2D eigenvalue weighted by Gasteiger charge is -2.21. The van der Waals surface area contributed by atoms with E-state index in [2.05, 4.69) is 0 Å². The molecule has 3 heteroatoms. The van der Waals surface area contributed by atoms with E-state index >= 15 is 0 Å². The maximum absolute atomic E-state index is 11.1. The monoisotopic (exact) mass is 159 g/mol. The van der Waals surface area contributed by atoms with Crippen molar-refractivity contribution in [3.8, 4) is 0 Å². The zero-order chi connectivity index (χ0) is 8.91. The summed E-state index contributed by atoms with van der Waals surface area (Å²) in [5, 5.41) is 0. The zero-order valence-corrected chi connectivity index (χ0v) is 7.52. The van der Waals surface area contributed by atoms with Gasteiger partial charge in [0.15, 0.2) is 0 Å². The van der Waals surface area contributed by atoms with Crippen LogP contribution in [-0.4, -0.2) is 25.0 Å². The van der Waals surface area contributed by atoms with Gasteiger partial charge in [0, 0.05) is 20.0 Å². The van der Waals surface area contributed by atoms with Crippen molar-refractivity contribution in [3.63, 3.8) is 0 Å². The Morgan fingerprint density at radius 3 is 2.45 bits per heavy atom. The molecule has 0 rings (SSSR count). The van der Waals surface area contributed by atoms with Gasteiger partial charge in [0.25, 0.3) is 0 Å². The summed E-state index contributed by atoms with van der Waals surface area (Å²) in [6.07, 6.45) is 0.896. The van der Waals surface area contributed by atoms with Gasteiger partial charge >= 0.3 is 0 Å². The topological polar surface area (TPSA) is 52.3 Å². The van der Waals surface area contributed by atoms with Crippen LogP contribution in [0.15, 0.2) is 0 Å². The van der Waals surface area contributed by atoms with Crippen molar-refractivity contribution in [2.45, 2.75) is 32.3 Å². The fraction of sp³-hybridized carbons (Fsp3) is 0.875. The molecule has 0 spiro atoms. The lowest BCUT2D eigenvalue weighted by Crippen LogP contribution is -2.27. The average molecular weight is 159 g/mol. The molecule has 0 atom stereocenters. The van der Waals surface area contributed by atoms with E-state index in [4.69, 9.17) is 10.5 Å². The Balaban J connectivity index is 3.74. The van der Waals surface area contributed by atoms with Gasteiger partial charge in [0.2, 0.25) is 0 Å². The number of Topliss-reactive ketones (excluding diaryl/α,β-unsaturated/α-hetero) is 1. The summed E-state index contributed by atoms with van der Waals surface area (Å²) in [4.78, 5) is 11.1. The Morgan fingerprint density at radius 1 is 1.55 bits per heavy atom. The third-order valence-corrected chi connectivity index (χ3v) is 1.60. The average Bonchev–Trinajstić information content (AvgIpc) is 1.87. The SMILES string of the molecule is COC(C)(C)CC(=O)CCN. The van der Waals surface area contributed by atoms with Gasteiger partial charge in [-0.15, -0.1) is 0 Å². The molecule has 11 heavy (non-hydrogen) atoms. The molecule has 0 saturated carbocycles. The van der Waals surface area contributed by atoms with Crippen LogP contribution in [0.5, 0.6) is 0 Å². The van der Waals surface area contributed by atoms with Crippen molar-refractivity contribution in [1.29, 1.82) is 0 Å². The van der Waals surface area contributed by atoms with Gasteiger partial charge in [0.05, 0.1) is 5.60 Å². The molecule has 0 amide bonds. The largest absolute Gasteiger partial charge is 0.378 e. The summed E-state index contributed by atoms with van der Waals surface area (Å²) in [5.41, 5.74) is 4.89. The Kier molecular flexibility index (Phi) is 4.30. The van der Waals surface area contributed by atoms with Gasteiger partial charge in [-0.25, -0.2) is 0 Å². The highest BCUT2D eigenvalue weighted by molar-refractivity contribution is 5.79. The third kappa shape index (κ3) is 4.93. The first-order valence-corrected chi connectivity index (χ1v) is 3.79. The van der Waals surface area contributed by atoms with Gasteiger partial charge in [-0.05, 0) is 20.4 Å². The fourth-order valence-corrected chi connectivity index (χ4v) is 0.796. The Labute approximate surface area is 67.9 Å². The molecule has 0 bridgehead atoms. The summed E-state index contributed by atoms with van der Waals surface area (Å²) in [6.45, 7) is 4.21. The first kappa shape index (κ1) is 10.6. The van der Waals surface area contributed by atoms with E-state index in [0.29, 0.717) is 19.4 Å². The van der Waals surface area contributed by atoms with Crippen molar-refractivity contribution in [2.24, 2.45) is 5.73 Å². The second kappa shape index (κ2) is 4.46. The molecule has 0 heterocycles. The van der Waals surface area contributed by atoms with Gasteiger partial charge < -0.3 is 10.5 Å². The summed E-state index contributed by atoms with van der Waals surface area (Å²) in [6, 6.07) is 0. The van der Waals surface area contributed by atoms with Gasteiger partial charge in [0.1, 0.15) is 5.78 Å². The summed E-state index contributed by atoms with van der Waals surface area (Å²) in [7, 11) is 1.61. The van der Waals surface area contributed by atoms with Crippen molar-refractivity contribution >= 4 is 5.78 Å². The third-order valence-electron chi connectivity index (χ3n) is 1.60. The van der Waals surface area contributed by atoms with Gasteiger partial charge in [-0.2, -0.15) is 0 Å². The molecule has 66 valence electrons. The minimum atomic E-state index is -0.341. The van der Waals surface area contributed by atoms with Crippen LogP contribution in [0, 0.1) is 0 Å². The normalized spacial score (nSPS) is 11.6. The lowest BCUT2D eigenvalue weighted by molar-refractivity contribution is -0.123. The highest BCUT2D eigenvalue weighted by atomic mass is 16.5. The molecule has 0 aliphatic carbocycles. The maximum Gasteiger partial charge on any atom is 0.137 e. The van der Waals surface area contributed by atoms with Crippen molar-refractivity contribution < 1.29 is 9.53 Å². The van der Waals surface area contributed by atoms with E-state index in [0.717, 1.165) is 0 Å². The summed E-state index contributed by atoms with van der Waals surface area (Å²) < 4.78 is 5.09. The quantitative estimate of drug-likeness (QED) is 0.643. The predicted octanol–water partition coefficient (Wildman–Crippen LogP) is 0.719. The highest BCUT2D eigenvalue weighted by Crippen LogP contribution is 2.13. The first-order chi connectivity index (χ1) is 5.02. The van der Waals surface area contributed by atoms with E-state index < -0.39 is 0 Å². The smallest absolute Gasteiger partial charge is 0.137 e. The first-order valence-electron chi connectivity index (χ1n) is 3.79. The minimum absolute atomic E-state index is 0.166. The molecular formula is C8H17NO2. The molecular weight excluding hydrogens is 142 g/mol. The molecule has 0 saturated heterocycles. The van der Waals surface area contributed by atoms with Crippen LogP contribution >= 0.6 is 0 Å². The fourth-order valence-electron chi connectivity index (χ4n) is 0.796. The lowest BCUT2D eigenvalue weighted by atomic mass is 10.0. The summed E-state index contributed by atoms with van der Waals surface area (Å²) in [5.74, 6) is 0.166. The zero-order valence-electron chi connectivity index (χ0n) is 7.52. The van der Waals surface area contributed by atoms with Crippen molar-refractivity contribution in [3.05, 3.63) is 0 Å². The molecule has 2 N–H and O–H groups in total. The number of ketones is 1. The van der Waals surface area contributed by atoms with Crippen LogP contribution in [-0.2, 0) is 9.53 Å². The van der Waals surface area contributed by atoms with E-state index in [1.807, 2.05) is 13.8 Å². The molecule has 0 aliphatic heterocycles. The standard InChI is InChI=1S/C8H17NO2/c1-8(2,11-3)6-7(10)4-5-9/h4-6,9H2,1-3H3. The second-order valence-corrected chi connectivity index (χ2v) is 3.22. The van der Waals surface area contributed by atoms with E-state index in [-0.39, 0.29) is 11.4 Å². The molecule has 0 aromatic heterocycles. The molecule has 3 nitrogen and oxygen atoms in total. The van der Waals surface area contributed by atoms with Crippen LogP contribution in [0.25, 0.3) is 0 Å². The van der Waals surface area contributed by atoms with E-state index in [1.165, 1.54) is 0 Å². The van der Waals surface area contributed by atoms with Crippen LogP contribution < -0.4 is 5.73 Å². The number of nitrogens with two attached hydrogens (primary N) is 1.